The number of aryl methyl sites for hydroxylation is 2. The zero-order chi connectivity index (χ0) is 12.4. The topological polar surface area (TPSA) is 49.8 Å². The van der Waals surface area contributed by atoms with Crippen LogP contribution in [0.2, 0.25) is 0 Å². The molecule has 0 saturated heterocycles. The summed E-state index contributed by atoms with van der Waals surface area (Å²) in [5.41, 5.74) is 2.68. The van der Waals surface area contributed by atoms with Crippen molar-refractivity contribution in [2.75, 3.05) is 17.2 Å². The number of para-hydroxylation sites is 1. The van der Waals surface area contributed by atoms with E-state index in [9.17, 15) is 0 Å². The summed E-state index contributed by atoms with van der Waals surface area (Å²) in [4.78, 5) is 4.31. The lowest BCUT2D eigenvalue weighted by molar-refractivity contribution is 0.654. The van der Waals surface area contributed by atoms with Crippen molar-refractivity contribution in [3.8, 4) is 0 Å². The number of hydrogen-bond acceptors (Lipinski definition) is 5. The molecule has 0 radical (unpaired) electrons. The molecule has 0 bridgehead atoms. The minimum absolute atomic E-state index is 0.462. The van der Waals surface area contributed by atoms with E-state index < -0.39 is 0 Å². The van der Waals surface area contributed by atoms with Crippen LogP contribution in [0.5, 0.6) is 0 Å². The maximum Gasteiger partial charge on any atom is 0.202 e. The van der Waals surface area contributed by atoms with Gasteiger partial charge in [-0.25, -0.2) is 4.98 Å². The fourth-order valence-electron chi connectivity index (χ4n) is 2.23. The van der Waals surface area contributed by atoms with Crippen LogP contribution in [-0.2, 0) is 6.42 Å². The van der Waals surface area contributed by atoms with Gasteiger partial charge in [0.1, 0.15) is 5.82 Å². The largest absolute Gasteiger partial charge is 0.380 e. The summed E-state index contributed by atoms with van der Waals surface area (Å²) in [6.07, 6.45) is 2.30. The number of hydrogen-bond donors (Lipinski definition) is 2. The van der Waals surface area contributed by atoms with Crippen molar-refractivity contribution in [3.63, 3.8) is 0 Å². The van der Waals surface area contributed by atoms with Gasteiger partial charge in [0.05, 0.1) is 0 Å². The third-order valence-corrected chi connectivity index (χ3v) is 3.93. The Hall–Kier alpha value is -1.62. The summed E-state index contributed by atoms with van der Waals surface area (Å²) in [5.74, 6) is 0.837. The quantitative estimate of drug-likeness (QED) is 0.891. The van der Waals surface area contributed by atoms with Gasteiger partial charge >= 0.3 is 0 Å². The molecule has 0 saturated carbocycles. The molecule has 1 unspecified atom stereocenters. The first kappa shape index (κ1) is 11.5. The fraction of sp³-hybridized carbons (Fsp3) is 0.385. The Balaban J connectivity index is 1.59. The lowest BCUT2D eigenvalue weighted by atomic mass is 9.98. The fourth-order valence-corrected chi connectivity index (χ4v) is 2.81. The lowest BCUT2D eigenvalue weighted by Gasteiger charge is -2.27. The summed E-state index contributed by atoms with van der Waals surface area (Å²) in [7, 11) is 0. The van der Waals surface area contributed by atoms with E-state index in [1.807, 2.05) is 6.92 Å². The molecule has 4 nitrogen and oxygen atoms in total. The highest BCUT2D eigenvalue weighted by Crippen LogP contribution is 2.24. The smallest absolute Gasteiger partial charge is 0.202 e. The van der Waals surface area contributed by atoms with Crippen LogP contribution in [0.1, 0.15) is 17.8 Å². The Morgan fingerprint density at radius 2 is 2.33 bits per heavy atom. The van der Waals surface area contributed by atoms with E-state index in [0.29, 0.717) is 6.04 Å². The van der Waals surface area contributed by atoms with Crippen LogP contribution in [0.25, 0.3) is 0 Å². The molecule has 3 rings (SSSR count). The molecule has 0 fully saturated rings. The van der Waals surface area contributed by atoms with Crippen molar-refractivity contribution in [1.29, 1.82) is 0 Å². The van der Waals surface area contributed by atoms with Crippen LogP contribution in [0.15, 0.2) is 24.3 Å². The Bertz CT molecular complexity index is 537. The van der Waals surface area contributed by atoms with Crippen LogP contribution < -0.4 is 10.6 Å². The molecule has 2 heterocycles. The minimum atomic E-state index is 0.462. The van der Waals surface area contributed by atoms with Crippen molar-refractivity contribution in [2.45, 2.75) is 25.8 Å². The molecule has 0 amide bonds. The number of benzene rings is 1. The van der Waals surface area contributed by atoms with Crippen molar-refractivity contribution in [2.24, 2.45) is 0 Å². The van der Waals surface area contributed by atoms with Crippen LogP contribution in [0, 0.1) is 6.92 Å². The summed E-state index contributed by atoms with van der Waals surface area (Å²) in [5, 5.41) is 7.83. The molecule has 0 aliphatic carbocycles. The second kappa shape index (κ2) is 4.94. The van der Waals surface area contributed by atoms with E-state index >= 15 is 0 Å². The Morgan fingerprint density at radius 3 is 3.17 bits per heavy atom. The standard InChI is InChI=1S/C13H16N4S/c1-9-15-13(18-17-9)14-8-11-7-6-10-4-2-3-5-12(10)16-11/h2-5,11,16H,6-8H2,1H3,(H,14,15,17). The van der Waals surface area contributed by atoms with Gasteiger partial charge in [0.2, 0.25) is 5.13 Å². The third kappa shape index (κ3) is 2.46. The van der Waals surface area contributed by atoms with Crippen LogP contribution in [0.4, 0.5) is 10.8 Å². The Morgan fingerprint density at radius 1 is 1.44 bits per heavy atom. The molecule has 2 aromatic rings. The number of nitrogens with zero attached hydrogens (tertiary/aromatic N) is 2. The molecule has 1 atom stereocenters. The number of nitrogens with one attached hydrogen (secondary N) is 2. The monoisotopic (exact) mass is 260 g/mol. The average Bonchev–Trinajstić information content (AvgIpc) is 2.82. The molecule has 1 aromatic carbocycles. The normalized spacial score (nSPS) is 17.9. The number of rotatable bonds is 3. The minimum Gasteiger partial charge on any atom is -0.380 e. The molecule has 0 spiro atoms. The molecule has 18 heavy (non-hydrogen) atoms. The van der Waals surface area contributed by atoms with Crippen LogP contribution in [0.3, 0.4) is 0 Å². The van der Waals surface area contributed by atoms with Gasteiger partial charge < -0.3 is 10.6 Å². The van der Waals surface area contributed by atoms with Gasteiger partial charge in [0.25, 0.3) is 0 Å². The third-order valence-electron chi connectivity index (χ3n) is 3.17. The number of aromatic nitrogens is 2. The van der Waals surface area contributed by atoms with Gasteiger partial charge in [-0.15, -0.1) is 0 Å². The molecule has 2 N–H and O–H groups in total. The molecule has 1 aromatic heterocycles. The first-order valence-electron chi connectivity index (χ1n) is 6.20. The van der Waals surface area contributed by atoms with Crippen molar-refractivity contribution in [3.05, 3.63) is 35.7 Å². The van der Waals surface area contributed by atoms with Gasteiger partial charge in [0.15, 0.2) is 0 Å². The van der Waals surface area contributed by atoms with Crippen LogP contribution >= 0.6 is 11.5 Å². The zero-order valence-electron chi connectivity index (χ0n) is 10.3. The summed E-state index contributed by atoms with van der Waals surface area (Å²) >= 11 is 1.42. The summed E-state index contributed by atoms with van der Waals surface area (Å²) in [6.45, 7) is 2.81. The van der Waals surface area contributed by atoms with Crippen molar-refractivity contribution in [1.82, 2.24) is 9.36 Å². The predicted molar refractivity (Wildman–Crippen MR) is 75.3 cm³/mol. The van der Waals surface area contributed by atoms with Gasteiger partial charge in [0, 0.05) is 29.8 Å². The Kier molecular flexibility index (Phi) is 3.15. The predicted octanol–water partition coefficient (Wildman–Crippen LogP) is 2.69. The van der Waals surface area contributed by atoms with Gasteiger partial charge in [-0.2, -0.15) is 4.37 Å². The highest BCUT2D eigenvalue weighted by atomic mass is 32.1. The maximum absolute atomic E-state index is 4.31. The van der Waals surface area contributed by atoms with Gasteiger partial charge in [-0.1, -0.05) is 18.2 Å². The average molecular weight is 260 g/mol. The van der Waals surface area contributed by atoms with Crippen molar-refractivity contribution >= 4 is 22.4 Å². The van der Waals surface area contributed by atoms with E-state index in [0.717, 1.165) is 30.3 Å². The summed E-state index contributed by atoms with van der Waals surface area (Å²) in [6, 6.07) is 8.99. The second-order valence-corrected chi connectivity index (χ2v) is 5.32. The summed E-state index contributed by atoms with van der Waals surface area (Å²) < 4.78 is 4.16. The molecule has 94 valence electrons. The molecule has 1 aliphatic rings. The SMILES string of the molecule is Cc1nsc(NCC2CCc3ccccc3N2)n1. The second-order valence-electron chi connectivity index (χ2n) is 4.56. The molecular formula is C13H16N4S. The van der Waals surface area contributed by atoms with Crippen LogP contribution in [-0.4, -0.2) is 21.9 Å². The Labute approximate surface area is 111 Å². The molecule has 1 aliphatic heterocycles. The van der Waals surface area contributed by atoms with E-state index in [1.54, 1.807) is 0 Å². The number of anilines is 2. The zero-order valence-corrected chi connectivity index (χ0v) is 11.1. The van der Waals surface area contributed by atoms with Crippen molar-refractivity contribution < 1.29 is 0 Å². The highest BCUT2D eigenvalue weighted by molar-refractivity contribution is 7.09. The first-order valence-corrected chi connectivity index (χ1v) is 6.97. The van der Waals surface area contributed by atoms with Gasteiger partial charge in [-0.05, 0) is 31.4 Å². The number of fused-ring (bicyclic) bond motifs is 1. The maximum atomic E-state index is 4.31. The van der Waals surface area contributed by atoms with E-state index in [2.05, 4.69) is 44.3 Å². The van der Waals surface area contributed by atoms with E-state index in [1.165, 1.54) is 22.8 Å². The lowest BCUT2D eigenvalue weighted by Crippen LogP contribution is -2.32. The van der Waals surface area contributed by atoms with E-state index in [-0.39, 0.29) is 0 Å². The first-order chi connectivity index (χ1) is 8.81. The van der Waals surface area contributed by atoms with E-state index in [4.69, 9.17) is 0 Å². The molecule has 5 heteroatoms. The molecular weight excluding hydrogens is 244 g/mol. The van der Waals surface area contributed by atoms with Gasteiger partial charge in [-0.3, -0.25) is 0 Å². The highest BCUT2D eigenvalue weighted by Gasteiger charge is 2.17.